The van der Waals surface area contributed by atoms with E-state index in [4.69, 9.17) is 0 Å². The predicted molar refractivity (Wildman–Crippen MR) is 94.2 cm³/mol. The average Bonchev–Trinajstić information content (AvgIpc) is 2.62. The Kier molecular flexibility index (Phi) is 5.00. The van der Waals surface area contributed by atoms with E-state index >= 15 is 0 Å². The third kappa shape index (κ3) is 3.58. The number of fused-ring (bicyclic) bond motifs is 1. The van der Waals surface area contributed by atoms with Crippen LogP contribution in [0.5, 0.6) is 0 Å². The van der Waals surface area contributed by atoms with E-state index in [1.807, 2.05) is 11.2 Å². The molecule has 0 spiro atoms. The maximum atomic E-state index is 12.2. The second kappa shape index (κ2) is 7.22. The number of nitrogens with zero attached hydrogens (tertiary/aromatic N) is 4. The lowest BCUT2D eigenvalue weighted by Crippen LogP contribution is -2.35. The number of hydrogen-bond donors (Lipinski definition) is 1. The second-order valence-corrected chi connectivity index (χ2v) is 6.58. The summed E-state index contributed by atoms with van der Waals surface area (Å²) in [4.78, 5) is 42.0. The van der Waals surface area contributed by atoms with Gasteiger partial charge in [-0.15, -0.1) is 0 Å². The normalized spacial score (nSPS) is 14.0. The smallest absolute Gasteiger partial charge is 0.280 e. The Bertz CT molecular complexity index is 945. The summed E-state index contributed by atoms with van der Waals surface area (Å²) in [6, 6.07) is 3.61. The van der Waals surface area contributed by atoms with Crippen molar-refractivity contribution in [2.24, 2.45) is 0 Å². The first kappa shape index (κ1) is 18.0. The first-order valence-corrected chi connectivity index (χ1v) is 8.91. The molecule has 1 N–H and O–H groups in total. The molecule has 1 aromatic heterocycles. The lowest BCUT2D eigenvalue weighted by Gasteiger charge is -2.27. The van der Waals surface area contributed by atoms with Crippen LogP contribution in [0.1, 0.15) is 16.8 Å². The van der Waals surface area contributed by atoms with Crippen LogP contribution in [-0.4, -0.2) is 37.5 Å². The Morgan fingerprint density at radius 2 is 2.08 bits per heavy atom. The lowest BCUT2D eigenvalue weighted by atomic mass is 10.1. The quantitative estimate of drug-likeness (QED) is 0.361. The van der Waals surface area contributed by atoms with Crippen LogP contribution in [0, 0.1) is 20.2 Å². The molecule has 1 aliphatic heterocycles. The number of rotatable bonds is 5. The predicted octanol–water partition coefficient (Wildman–Crippen LogP) is 1.87. The molecule has 1 aromatic carbocycles. The zero-order chi connectivity index (χ0) is 18.8. The van der Waals surface area contributed by atoms with Gasteiger partial charge in [0.25, 0.3) is 16.9 Å². The van der Waals surface area contributed by atoms with Gasteiger partial charge in [0.15, 0.2) is 5.16 Å². The summed E-state index contributed by atoms with van der Waals surface area (Å²) in [7, 11) is 0. The number of non-ortho nitro benzene ring substituents is 1. The van der Waals surface area contributed by atoms with Crippen LogP contribution in [0.2, 0.25) is 0 Å². The van der Waals surface area contributed by atoms with E-state index < -0.39 is 9.85 Å². The molecular formula is C15H15N5O5S. The highest BCUT2D eigenvalue weighted by molar-refractivity contribution is 7.98. The van der Waals surface area contributed by atoms with Crippen LogP contribution in [-0.2, 0) is 19.5 Å². The third-order valence-corrected chi connectivity index (χ3v) is 4.77. The SMILES string of the molecule is CSc1nc2c(c(=O)[nH]1)CN(Cc1ccc([N+](=O)[O-])cc1[N+](=O)[O-])CC2. The molecule has 2 aromatic rings. The van der Waals surface area contributed by atoms with Gasteiger partial charge in [-0.2, -0.15) is 0 Å². The highest BCUT2D eigenvalue weighted by atomic mass is 32.2. The van der Waals surface area contributed by atoms with E-state index in [9.17, 15) is 25.0 Å². The molecule has 26 heavy (non-hydrogen) atoms. The van der Waals surface area contributed by atoms with Crippen LogP contribution in [0.3, 0.4) is 0 Å². The number of nitrogens with one attached hydrogen (secondary N) is 1. The number of aromatic amines is 1. The number of thioether (sulfide) groups is 1. The van der Waals surface area contributed by atoms with Gasteiger partial charge in [0.1, 0.15) is 0 Å². The van der Waals surface area contributed by atoms with Gasteiger partial charge in [0, 0.05) is 37.7 Å². The summed E-state index contributed by atoms with van der Waals surface area (Å²) in [6.45, 7) is 1.13. The number of H-pyrrole nitrogens is 1. The van der Waals surface area contributed by atoms with Crippen LogP contribution >= 0.6 is 11.8 Å². The Morgan fingerprint density at radius 3 is 2.73 bits per heavy atom. The van der Waals surface area contributed by atoms with Gasteiger partial charge in [-0.05, 0) is 12.3 Å². The third-order valence-electron chi connectivity index (χ3n) is 4.19. The van der Waals surface area contributed by atoms with E-state index in [0.29, 0.717) is 35.8 Å². The summed E-state index contributed by atoms with van der Waals surface area (Å²) in [5.74, 6) is 0. The minimum absolute atomic E-state index is 0.206. The molecule has 0 unspecified atom stereocenters. The molecular weight excluding hydrogens is 362 g/mol. The number of hydrogen-bond acceptors (Lipinski definition) is 8. The Morgan fingerprint density at radius 1 is 1.31 bits per heavy atom. The number of aromatic nitrogens is 2. The molecule has 10 nitrogen and oxygen atoms in total. The van der Waals surface area contributed by atoms with Gasteiger partial charge in [0.05, 0.1) is 27.2 Å². The van der Waals surface area contributed by atoms with Crippen molar-refractivity contribution >= 4 is 23.1 Å². The maximum Gasteiger partial charge on any atom is 0.280 e. The molecule has 11 heteroatoms. The van der Waals surface area contributed by atoms with Crippen molar-refractivity contribution in [3.8, 4) is 0 Å². The van der Waals surface area contributed by atoms with Crippen molar-refractivity contribution in [3.05, 3.63) is 65.6 Å². The molecule has 0 aliphatic carbocycles. The molecule has 0 saturated carbocycles. The van der Waals surface area contributed by atoms with E-state index in [-0.39, 0.29) is 23.5 Å². The second-order valence-electron chi connectivity index (χ2n) is 5.79. The standard InChI is InChI=1S/C15H15N5O5S/c1-26-15-16-12-4-5-18(8-11(12)14(21)17-15)7-9-2-3-10(19(22)23)6-13(9)20(24)25/h2-3,6H,4-5,7-8H2,1H3,(H,16,17,21). The van der Waals surface area contributed by atoms with Gasteiger partial charge < -0.3 is 4.98 Å². The number of benzene rings is 1. The van der Waals surface area contributed by atoms with Crippen LogP contribution < -0.4 is 5.56 Å². The van der Waals surface area contributed by atoms with Crippen molar-refractivity contribution < 1.29 is 9.85 Å². The summed E-state index contributed by atoms with van der Waals surface area (Å²) in [5.41, 5.74) is 0.840. The average molecular weight is 377 g/mol. The molecule has 0 bridgehead atoms. The summed E-state index contributed by atoms with van der Waals surface area (Å²) in [5, 5.41) is 22.7. The van der Waals surface area contributed by atoms with E-state index in [1.54, 1.807) is 0 Å². The van der Waals surface area contributed by atoms with E-state index in [2.05, 4.69) is 9.97 Å². The lowest BCUT2D eigenvalue weighted by molar-refractivity contribution is -0.394. The molecule has 0 radical (unpaired) electrons. The Balaban J connectivity index is 1.86. The van der Waals surface area contributed by atoms with Gasteiger partial charge >= 0.3 is 0 Å². The molecule has 0 amide bonds. The minimum Gasteiger partial charge on any atom is -0.301 e. The van der Waals surface area contributed by atoms with Gasteiger partial charge in [-0.1, -0.05) is 11.8 Å². The molecule has 1 aliphatic rings. The van der Waals surface area contributed by atoms with Gasteiger partial charge in [0.2, 0.25) is 0 Å². The van der Waals surface area contributed by atoms with Crippen molar-refractivity contribution in [2.75, 3.05) is 12.8 Å². The van der Waals surface area contributed by atoms with E-state index in [1.165, 1.54) is 23.9 Å². The zero-order valence-electron chi connectivity index (χ0n) is 13.8. The first-order valence-electron chi connectivity index (χ1n) is 7.69. The highest BCUT2D eigenvalue weighted by Crippen LogP contribution is 2.27. The maximum absolute atomic E-state index is 12.2. The fraction of sp³-hybridized carbons (Fsp3) is 0.333. The molecule has 0 atom stereocenters. The largest absolute Gasteiger partial charge is 0.301 e. The fourth-order valence-corrected chi connectivity index (χ4v) is 3.30. The monoisotopic (exact) mass is 377 g/mol. The highest BCUT2D eigenvalue weighted by Gasteiger charge is 2.25. The molecule has 2 heterocycles. The van der Waals surface area contributed by atoms with Crippen LogP contribution in [0.15, 0.2) is 28.2 Å². The van der Waals surface area contributed by atoms with Gasteiger partial charge in [-0.3, -0.25) is 29.9 Å². The van der Waals surface area contributed by atoms with Crippen molar-refractivity contribution in [2.45, 2.75) is 24.7 Å². The van der Waals surface area contributed by atoms with Crippen molar-refractivity contribution in [1.29, 1.82) is 0 Å². The molecule has 136 valence electrons. The molecule has 0 saturated heterocycles. The fourth-order valence-electron chi connectivity index (χ4n) is 2.90. The number of nitro benzene ring substituents is 2. The summed E-state index contributed by atoms with van der Waals surface area (Å²) in [6.07, 6.45) is 2.39. The van der Waals surface area contributed by atoms with Crippen molar-refractivity contribution in [1.82, 2.24) is 14.9 Å². The van der Waals surface area contributed by atoms with Crippen LogP contribution in [0.4, 0.5) is 11.4 Å². The van der Waals surface area contributed by atoms with E-state index in [0.717, 1.165) is 11.8 Å². The van der Waals surface area contributed by atoms with Crippen LogP contribution in [0.25, 0.3) is 0 Å². The topological polar surface area (TPSA) is 135 Å². The minimum atomic E-state index is -0.664. The Labute approximate surface area is 151 Å². The molecule has 3 rings (SSSR count). The van der Waals surface area contributed by atoms with Gasteiger partial charge in [-0.25, -0.2) is 4.98 Å². The first-order chi connectivity index (χ1) is 12.4. The number of nitro groups is 2. The van der Waals surface area contributed by atoms with Crippen molar-refractivity contribution in [3.63, 3.8) is 0 Å². The summed E-state index contributed by atoms with van der Waals surface area (Å²) >= 11 is 1.36. The Hall–Kier alpha value is -2.79. The summed E-state index contributed by atoms with van der Waals surface area (Å²) < 4.78 is 0. The molecule has 0 fully saturated rings. The zero-order valence-corrected chi connectivity index (χ0v) is 14.6.